The Bertz CT molecular complexity index is 1170. The first-order chi connectivity index (χ1) is 12.4. The molecule has 132 valence electrons. The molecule has 0 radical (unpaired) electrons. The van der Waals surface area contributed by atoms with Crippen molar-refractivity contribution < 1.29 is 21.8 Å². The van der Waals surface area contributed by atoms with Gasteiger partial charge in [0.1, 0.15) is 17.0 Å². The molecule has 0 atom stereocenters. The molecule has 5 nitrogen and oxygen atoms in total. The molecule has 7 heteroatoms. The quantitative estimate of drug-likeness (QED) is 0.403. The minimum atomic E-state index is -4.19. The lowest BCUT2D eigenvalue weighted by atomic mass is 10.1. The van der Waals surface area contributed by atoms with Crippen molar-refractivity contribution in [3.05, 3.63) is 88.8 Å². The second-order valence-corrected chi connectivity index (χ2v) is 6.77. The predicted octanol–water partition coefficient (Wildman–Crippen LogP) is 4.02. The van der Waals surface area contributed by atoms with Gasteiger partial charge in [-0.25, -0.2) is 4.39 Å². The van der Waals surface area contributed by atoms with Gasteiger partial charge in [-0.15, -0.1) is 0 Å². The van der Waals surface area contributed by atoms with E-state index in [2.05, 4.69) is 0 Å². The lowest BCUT2D eigenvalue weighted by molar-refractivity contribution is 0.483. The lowest BCUT2D eigenvalue weighted by Crippen LogP contribution is -2.01. The number of rotatable bonds is 1. The zero-order chi connectivity index (χ0) is 18.7. The normalized spacial score (nSPS) is 11.2. The van der Waals surface area contributed by atoms with Gasteiger partial charge < -0.3 is 4.42 Å². The average Bonchev–Trinajstić information content (AvgIpc) is 2.62. The first-order valence-corrected chi connectivity index (χ1v) is 8.94. The highest BCUT2D eigenvalue weighted by atomic mass is 32.2. The summed E-state index contributed by atoms with van der Waals surface area (Å²) >= 11 is 0. The van der Waals surface area contributed by atoms with Crippen LogP contribution in [0.15, 0.2) is 86.9 Å². The molecule has 0 amide bonds. The van der Waals surface area contributed by atoms with E-state index in [1.165, 1.54) is 0 Å². The van der Waals surface area contributed by atoms with Gasteiger partial charge >= 0.3 is 0 Å². The third kappa shape index (κ3) is 3.79. The summed E-state index contributed by atoms with van der Waals surface area (Å²) in [6.07, 6.45) is 0. The second kappa shape index (κ2) is 7.07. The standard InChI is InChI=1S/C13H8O2.C6H5FO3S/c14-13-9-5-1-3-7-11(9)15-12-8-4-2-6-10(12)13;7-5-1-3-6(4-2-5)11(8,9)10/h1-8H;1-4H,(H,8,9,10). The number of fused-ring (bicyclic) bond motifs is 2. The van der Waals surface area contributed by atoms with Crippen LogP contribution in [0.2, 0.25) is 0 Å². The molecular weight excluding hydrogens is 359 g/mol. The van der Waals surface area contributed by atoms with Crippen LogP contribution in [-0.4, -0.2) is 13.0 Å². The van der Waals surface area contributed by atoms with E-state index in [4.69, 9.17) is 8.97 Å². The first-order valence-electron chi connectivity index (χ1n) is 7.50. The molecule has 3 aromatic carbocycles. The van der Waals surface area contributed by atoms with Crippen LogP contribution in [0.4, 0.5) is 4.39 Å². The molecule has 4 aromatic rings. The topological polar surface area (TPSA) is 84.6 Å². The Morgan fingerprint density at radius 3 is 1.69 bits per heavy atom. The van der Waals surface area contributed by atoms with Crippen LogP contribution in [0.3, 0.4) is 0 Å². The van der Waals surface area contributed by atoms with Crippen LogP contribution >= 0.6 is 0 Å². The number of hydrogen-bond donors (Lipinski definition) is 1. The van der Waals surface area contributed by atoms with Gasteiger partial charge in [-0.05, 0) is 48.5 Å². The van der Waals surface area contributed by atoms with E-state index in [9.17, 15) is 17.6 Å². The van der Waals surface area contributed by atoms with Gasteiger partial charge in [-0.2, -0.15) is 8.42 Å². The molecule has 0 fully saturated rings. The summed E-state index contributed by atoms with van der Waals surface area (Å²) in [5.74, 6) is -0.544. The van der Waals surface area contributed by atoms with Crippen LogP contribution in [0, 0.1) is 5.82 Å². The van der Waals surface area contributed by atoms with Gasteiger partial charge in [0.15, 0.2) is 0 Å². The van der Waals surface area contributed by atoms with Crippen LogP contribution in [0.25, 0.3) is 21.9 Å². The SMILES string of the molecule is O=S(=O)(O)c1ccc(F)cc1.O=c1c2ccccc2oc2ccccc12. The Morgan fingerprint density at radius 1 is 0.769 bits per heavy atom. The predicted molar refractivity (Wildman–Crippen MR) is 96.2 cm³/mol. The summed E-state index contributed by atoms with van der Waals surface area (Å²) in [5.41, 5.74) is 1.31. The third-order valence-corrected chi connectivity index (χ3v) is 4.46. The van der Waals surface area contributed by atoms with Gasteiger partial charge in [0, 0.05) is 0 Å². The summed E-state index contributed by atoms with van der Waals surface area (Å²) < 4.78 is 47.0. The maximum Gasteiger partial charge on any atom is 0.294 e. The first kappa shape index (κ1) is 17.8. The maximum atomic E-state index is 12.2. The lowest BCUT2D eigenvalue weighted by Gasteiger charge is -1.99. The van der Waals surface area contributed by atoms with Gasteiger partial charge in [0.25, 0.3) is 10.1 Å². The van der Waals surface area contributed by atoms with Crippen molar-refractivity contribution in [1.29, 1.82) is 0 Å². The molecule has 4 rings (SSSR count). The van der Waals surface area contributed by atoms with Gasteiger partial charge in [0.2, 0.25) is 5.43 Å². The van der Waals surface area contributed by atoms with Crippen molar-refractivity contribution in [2.45, 2.75) is 4.90 Å². The number of para-hydroxylation sites is 2. The van der Waals surface area contributed by atoms with Crippen LogP contribution < -0.4 is 5.43 Å². The van der Waals surface area contributed by atoms with E-state index in [1.54, 1.807) is 12.1 Å². The highest BCUT2D eigenvalue weighted by Crippen LogP contribution is 2.17. The fourth-order valence-corrected chi connectivity index (χ4v) is 2.84. The molecule has 26 heavy (non-hydrogen) atoms. The summed E-state index contributed by atoms with van der Waals surface area (Å²) in [7, 11) is -4.19. The Labute approximate surface area is 148 Å². The number of hydrogen-bond acceptors (Lipinski definition) is 4. The molecule has 0 aliphatic heterocycles. The van der Waals surface area contributed by atoms with Crippen LogP contribution in [0.5, 0.6) is 0 Å². The summed E-state index contributed by atoms with van der Waals surface area (Å²) in [6, 6.07) is 18.5. The number of benzene rings is 3. The minimum Gasteiger partial charge on any atom is -0.456 e. The van der Waals surface area contributed by atoms with Crippen molar-refractivity contribution in [2.24, 2.45) is 0 Å². The minimum absolute atomic E-state index is 0.0347. The van der Waals surface area contributed by atoms with Gasteiger partial charge in [0.05, 0.1) is 15.7 Å². The summed E-state index contributed by atoms with van der Waals surface area (Å²) in [4.78, 5) is 11.7. The maximum absolute atomic E-state index is 12.2. The Kier molecular flexibility index (Phi) is 4.83. The molecule has 1 heterocycles. The van der Waals surface area contributed by atoms with Crippen LogP contribution in [-0.2, 0) is 10.1 Å². The zero-order valence-electron chi connectivity index (χ0n) is 13.3. The Balaban J connectivity index is 0.000000160. The van der Waals surface area contributed by atoms with Gasteiger partial charge in [-0.1, -0.05) is 24.3 Å². The molecule has 0 saturated carbocycles. The van der Waals surface area contributed by atoms with E-state index in [0.29, 0.717) is 21.9 Å². The molecule has 0 spiro atoms. The Morgan fingerprint density at radius 2 is 1.23 bits per heavy atom. The summed E-state index contributed by atoms with van der Waals surface area (Å²) in [6.45, 7) is 0. The summed E-state index contributed by atoms with van der Waals surface area (Å²) in [5, 5.41) is 1.27. The highest BCUT2D eigenvalue weighted by molar-refractivity contribution is 7.85. The van der Waals surface area contributed by atoms with E-state index >= 15 is 0 Å². The molecular formula is C19H13FO5S. The van der Waals surface area contributed by atoms with E-state index in [-0.39, 0.29) is 10.3 Å². The van der Waals surface area contributed by atoms with Crippen molar-refractivity contribution in [3.63, 3.8) is 0 Å². The van der Waals surface area contributed by atoms with Crippen molar-refractivity contribution >= 4 is 32.1 Å². The van der Waals surface area contributed by atoms with E-state index < -0.39 is 15.9 Å². The van der Waals surface area contributed by atoms with Crippen LogP contribution in [0.1, 0.15) is 0 Å². The van der Waals surface area contributed by atoms with Crippen molar-refractivity contribution in [1.82, 2.24) is 0 Å². The van der Waals surface area contributed by atoms with Crippen molar-refractivity contribution in [2.75, 3.05) is 0 Å². The third-order valence-electron chi connectivity index (χ3n) is 3.59. The fourth-order valence-electron chi connectivity index (χ4n) is 2.36. The van der Waals surface area contributed by atoms with Crippen molar-refractivity contribution in [3.8, 4) is 0 Å². The van der Waals surface area contributed by atoms with E-state index in [1.807, 2.05) is 36.4 Å². The monoisotopic (exact) mass is 372 g/mol. The molecule has 0 unspecified atom stereocenters. The van der Waals surface area contributed by atoms with E-state index in [0.717, 1.165) is 24.3 Å². The highest BCUT2D eigenvalue weighted by Gasteiger charge is 2.07. The number of halogens is 1. The molecule has 0 saturated heterocycles. The average molecular weight is 372 g/mol. The fraction of sp³-hybridized carbons (Fsp3) is 0. The Hall–Kier alpha value is -3.03. The largest absolute Gasteiger partial charge is 0.456 e. The van der Waals surface area contributed by atoms with Gasteiger partial charge in [-0.3, -0.25) is 9.35 Å². The zero-order valence-corrected chi connectivity index (χ0v) is 14.1. The second-order valence-electron chi connectivity index (χ2n) is 5.35. The molecule has 0 aliphatic rings. The molecule has 0 aliphatic carbocycles. The molecule has 1 N–H and O–H groups in total. The molecule has 0 bridgehead atoms. The smallest absolute Gasteiger partial charge is 0.294 e. The molecule has 1 aromatic heterocycles.